The van der Waals surface area contributed by atoms with Crippen molar-refractivity contribution in [1.29, 1.82) is 0 Å². The predicted molar refractivity (Wildman–Crippen MR) is 67.1 cm³/mol. The number of carbonyl (C=O) groups is 2. The molecule has 0 aromatic heterocycles. The van der Waals surface area contributed by atoms with Gasteiger partial charge in [0.25, 0.3) is 0 Å². The molecule has 2 aliphatic rings. The van der Waals surface area contributed by atoms with E-state index in [0.717, 1.165) is 25.7 Å². The Morgan fingerprint density at radius 1 is 1.06 bits per heavy atom. The van der Waals surface area contributed by atoms with E-state index in [1.165, 1.54) is 12.8 Å². The average Bonchev–Trinajstić information content (AvgIpc) is 3.18. The summed E-state index contributed by atoms with van der Waals surface area (Å²) >= 11 is 0. The number of nitrogens with one attached hydrogen (secondary N) is 2. The molecule has 0 atom stereocenters. The molecule has 2 fully saturated rings. The molecule has 2 aliphatic carbocycles. The number of amides is 1. The molecule has 0 unspecified atom stereocenters. The molecule has 102 valence electrons. The zero-order valence-corrected chi connectivity index (χ0v) is 10.7. The summed E-state index contributed by atoms with van der Waals surface area (Å²) in [6.07, 6.45) is 5.69. The van der Waals surface area contributed by atoms with E-state index in [9.17, 15) is 9.59 Å². The summed E-state index contributed by atoms with van der Waals surface area (Å²) in [5.41, 5.74) is 0. The first-order chi connectivity index (χ1) is 8.65. The van der Waals surface area contributed by atoms with Crippen LogP contribution in [0.1, 0.15) is 38.5 Å². The van der Waals surface area contributed by atoms with Crippen LogP contribution in [0.4, 0.5) is 0 Å². The van der Waals surface area contributed by atoms with Crippen molar-refractivity contribution in [2.24, 2.45) is 11.8 Å². The summed E-state index contributed by atoms with van der Waals surface area (Å²) in [4.78, 5) is 22.3. The van der Waals surface area contributed by atoms with Gasteiger partial charge in [-0.05, 0) is 44.4 Å². The lowest BCUT2D eigenvalue weighted by atomic mass is 9.82. The number of carboxylic acid groups (broad SMARTS) is 1. The Kier molecular flexibility index (Phi) is 4.58. The Morgan fingerprint density at radius 2 is 1.72 bits per heavy atom. The van der Waals surface area contributed by atoms with Crippen LogP contribution in [0.25, 0.3) is 0 Å². The Morgan fingerprint density at radius 3 is 2.28 bits per heavy atom. The van der Waals surface area contributed by atoms with Crippen molar-refractivity contribution in [1.82, 2.24) is 10.6 Å². The minimum Gasteiger partial charge on any atom is -0.481 e. The first kappa shape index (κ1) is 13.3. The monoisotopic (exact) mass is 254 g/mol. The van der Waals surface area contributed by atoms with Crippen molar-refractivity contribution in [3.8, 4) is 0 Å². The van der Waals surface area contributed by atoms with Gasteiger partial charge in [0.05, 0.1) is 12.5 Å². The first-order valence-corrected chi connectivity index (χ1v) is 6.88. The van der Waals surface area contributed by atoms with Gasteiger partial charge in [-0.25, -0.2) is 0 Å². The van der Waals surface area contributed by atoms with Crippen LogP contribution in [0.15, 0.2) is 0 Å². The first-order valence-electron chi connectivity index (χ1n) is 6.88. The molecule has 5 heteroatoms. The highest BCUT2D eigenvalue weighted by Crippen LogP contribution is 2.28. The maximum atomic E-state index is 11.5. The van der Waals surface area contributed by atoms with Crippen molar-refractivity contribution < 1.29 is 14.7 Å². The Hall–Kier alpha value is -1.10. The largest absolute Gasteiger partial charge is 0.481 e. The third kappa shape index (κ3) is 4.29. The molecular formula is C13H22N2O3. The second-order valence-electron chi connectivity index (χ2n) is 5.52. The predicted octanol–water partition coefficient (Wildman–Crippen LogP) is 0.746. The van der Waals surface area contributed by atoms with Crippen LogP contribution in [0, 0.1) is 11.8 Å². The SMILES string of the molecule is O=C(CNC1CC1)NCC1CCC(C(=O)O)CC1. The van der Waals surface area contributed by atoms with E-state index in [0.29, 0.717) is 25.0 Å². The zero-order valence-electron chi connectivity index (χ0n) is 10.7. The molecule has 0 bridgehead atoms. The third-order valence-electron chi connectivity index (χ3n) is 3.91. The van der Waals surface area contributed by atoms with E-state index >= 15 is 0 Å². The normalized spacial score (nSPS) is 27.8. The highest BCUT2D eigenvalue weighted by Gasteiger charge is 2.26. The van der Waals surface area contributed by atoms with Crippen molar-refractivity contribution in [2.45, 2.75) is 44.6 Å². The van der Waals surface area contributed by atoms with E-state index in [4.69, 9.17) is 5.11 Å². The molecule has 1 amide bonds. The van der Waals surface area contributed by atoms with Crippen molar-refractivity contribution >= 4 is 11.9 Å². The maximum Gasteiger partial charge on any atom is 0.306 e. The lowest BCUT2D eigenvalue weighted by Crippen LogP contribution is -2.38. The summed E-state index contributed by atoms with van der Waals surface area (Å²) in [5, 5.41) is 15.0. The lowest BCUT2D eigenvalue weighted by molar-refractivity contribution is -0.143. The van der Waals surface area contributed by atoms with Gasteiger partial charge in [0, 0.05) is 12.6 Å². The molecule has 0 aliphatic heterocycles. The number of rotatable bonds is 6. The Balaban J connectivity index is 1.56. The van der Waals surface area contributed by atoms with Gasteiger partial charge in [-0.3, -0.25) is 9.59 Å². The highest BCUT2D eigenvalue weighted by atomic mass is 16.4. The van der Waals surface area contributed by atoms with E-state index in [2.05, 4.69) is 10.6 Å². The lowest BCUT2D eigenvalue weighted by Gasteiger charge is -2.26. The molecule has 0 heterocycles. The summed E-state index contributed by atoms with van der Waals surface area (Å²) in [7, 11) is 0. The van der Waals surface area contributed by atoms with E-state index < -0.39 is 5.97 Å². The smallest absolute Gasteiger partial charge is 0.306 e. The molecular weight excluding hydrogens is 232 g/mol. The van der Waals surface area contributed by atoms with Crippen LogP contribution < -0.4 is 10.6 Å². The van der Waals surface area contributed by atoms with Crippen molar-refractivity contribution in [3.05, 3.63) is 0 Å². The number of hydrogen-bond donors (Lipinski definition) is 3. The quantitative estimate of drug-likeness (QED) is 0.653. The summed E-state index contributed by atoms with van der Waals surface area (Å²) in [5.74, 6) is -0.340. The number of carbonyl (C=O) groups excluding carboxylic acids is 1. The van der Waals surface area contributed by atoms with E-state index in [1.807, 2.05) is 0 Å². The molecule has 5 nitrogen and oxygen atoms in total. The van der Waals surface area contributed by atoms with Gasteiger partial charge in [0.2, 0.25) is 5.91 Å². The van der Waals surface area contributed by atoms with Gasteiger partial charge in [-0.1, -0.05) is 0 Å². The van der Waals surface area contributed by atoms with Crippen LogP contribution in [-0.2, 0) is 9.59 Å². The van der Waals surface area contributed by atoms with Gasteiger partial charge in [-0.15, -0.1) is 0 Å². The highest BCUT2D eigenvalue weighted by molar-refractivity contribution is 5.78. The fourth-order valence-corrected chi connectivity index (χ4v) is 2.46. The molecule has 2 rings (SSSR count). The number of carboxylic acids is 1. The molecule has 18 heavy (non-hydrogen) atoms. The zero-order chi connectivity index (χ0) is 13.0. The summed E-state index contributed by atoms with van der Waals surface area (Å²) in [6, 6.07) is 0.557. The molecule has 0 aromatic rings. The Labute approximate surface area is 107 Å². The van der Waals surface area contributed by atoms with Crippen molar-refractivity contribution in [2.75, 3.05) is 13.1 Å². The van der Waals surface area contributed by atoms with E-state index in [-0.39, 0.29) is 11.8 Å². The van der Waals surface area contributed by atoms with Crippen LogP contribution in [-0.4, -0.2) is 36.1 Å². The second kappa shape index (κ2) is 6.18. The van der Waals surface area contributed by atoms with Crippen LogP contribution in [0.2, 0.25) is 0 Å². The van der Waals surface area contributed by atoms with Gasteiger partial charge >= 0.3 is 5.97 Å². The number of hydrogen-bond acceptors (Lipinski definition) is 3. The molecule has 0 saturated heterocycles. The average molecular weight is 254 g/mol. The topological polar surface area (TPSA) is 78.4 Å². The van der Waals surface area contributed by atoms with Gasteiger partial charge in [0.15, 0.2) is 0 Å². The second-order valence-corrected chi connectivity index (χ2v) is 5.52. The number of aliphatic carboxylic acids is 1. The maximum absolute atomic E-state index is 11.5. The van der Waals surface area contributed by atoms with Gasteiger partial charge < -0.3 is 15.7 Å². The molecule has 0 spiro atoms. The summed E-state index contributed by atoms with van der Waals surface area (Å²) in [6.45, 7) is 1.10. The standard InChI is InChI=1S/C13H22N2O3/c16-12(8-14-11-5-6-11)15-7-9-1-3-10(4-2-9)13(17)18/h9-11,14H,1-8H2,(H,15,16)(H,17,18). The minimum atomic E-state index is -0.675. The Bertz CT molecular complexity index is 307. The fraction of sp³-hybridized carbons (Fsp3) is 0.846. The summed E-state index contributed by atoms with van der Waals surface area (Å²) < 4.78 is 0. The fourth-order valence-electron chi connectivity index (χ4n) is 2.46. The minimum absolute atomic E-state index is 0.0576. The van der Waals surface area contributed by atoms with Crippen LogP contribution in [0.5, 0.6) is 0 Å². The van der Waals surface area contributed by atoms with Gasteiger partial charge in [-0.2, -0.15) is 0 Å². The van der Waals surface area contributed by atoms with Crippen LogP contribution in [0.3, 0.4) is 0 Å². The third-order valence-corrected chi connectivity index (χ3v) is 3.91. The van der Waals surface area contributed by atoms with Crippen LogP contribution >= 0.6 is 0 Å². The van der Waals surface area contributed by atoms with Gasteiger partial charge in [0.1, 0.15) is 0 Å². The van der Waals surface area contributed by atoms with E-state index in [1.54, 1.807) is 0 Å². The molecule has 2 saturated carbocycles. The molecule has 0 radical (unpaired) electrons. The molecule has 0 aromatic carbocycles. The van der Waals surface area contributed by atoms with Crippen molar-refractivity contribution in [3.63, 3.8) is 0 Å². The molecule has 3 N–H and O–H groups in total.